The van der Waals surface area contributed by atoms with Crippen LogP contribution in [0.15, 0.2) is 66.7 Å². The van der Waals surface area contributed by atoms with Crippen molar-refractivity contribution in [1.82, 2.24) is 14.8 Å². The van der Waals surface area contributed by atoms with Gasteiger partial charge in [-0.15, -0.1) is 5.10 Å². The summed E-state index contributed by atoms with van der Waals surface area (Å²) in [4.78, 5) is 17.5. The molecule has 5 nitrogen and oxygen atoms in total. The summed E-state index contributed by atoms with van der Waals surface area (Å²) in [6, 6.07) is 20.3. The Hall–Kier alpha value is -3.15. The molecule has 0 aliphatic heterocycles. The van der Waals surface area contributed by atoms with Gasteiger partial charge in [-0.3, -0.25) is 4.79 Å². The minimum absolute atomic E-state index is 0.0579. The quantitative estimate of drug-likeness (QED) is 0.419. The first-order valence-electron chi connectivity index (χ1n) is 9.29. The SMILES string of the molecule is Cc1cccc(C)c1NC(=O)c1nc(-c2cccc(Cl)c2)n(-c2ccc(Cl)cc2)n1. The number of benzene rings is 3. The van der Waals surface area contributed by atoms with E-state index in [2.05, 4.69) is 15.4 Å². The summed E-state index contributed by atoms with van der Waals surface area (Å²) < 4.78 is 1.61. The van der Waals surface area contributed by atoms with Gasteiger partial charge in [-0.2, -0.15) is 0 Å². The van der Waals surface area contributed by atoms with Crippen LogP contribution in [0.5, 0.6) is 0 Å². The number of aromatic nitrogens is 3. The third-order valence-corrected chi connectivity index (χ3v) is 5.17. The van der Waals surface area contributed by atoms with Gasteiger partial charge in [0, 0.05) is 21.3 Å². The van der Waals surface area contributed by atoms with E-state index in [0.29, 0.717) is 15.9 Å². The second-order valence-electron chi connectivity index (χ2n) is 6.88. The maximum absolute atomic E-state index is 13.0. The molecule has 1 amide bonds. The third kappa shape index (κ3) is 4.08. The lowest BCUT2D eigenvalue weighted by Crippen LogP contribution is -2.16. The van der Waals surface area contributed by atoms with E-state index in [1.165, 1.54) is 0 Å². The Labute approximate surface area is 184 Å². The van der Waals surface area contributed by atoms with Crippen molar-refractivity contribution in [3.8, 4) is 17.1 Å². The number of rotatable bonds is 4. The van der Waals surface area contributed by atoms with Crippen LogP contribution >= 0.6 is 23.2 Å². The van der Waals surface area contributed by atoms with E-state index in [4.69, 9.17) is 23.2 Å². The number of aryl methyl sites for hydroxylation is 2. The van der Waals surface area contributed by atoms with Gasteiger partial charge in [0.2, 0.25) is 5.82 Å². The van der Waals surface area contributed by atoms with Gasteiger partial charge in [-0.25, -0.2) is 9.67 Å². The van der Waals surface area contributed by atoms with Gasteiger partial charge in [0.25, 0.3) is 5.91 Å². The summed E-state index contributed by atoms with van der Waals surface area (Å²) >= 11 is 12.2. The Balaban J connectivity index is 1.78. The molecule has 30 heavy (non-hydrogen) atoms. The maximum atomic E-state index is 13.0. The number of hydrogen-bond donors (Lipinski definition) is 1. The third-order valence-electron chi connectivity index (χ3n) is 4.68. The van der Waals surface area contributed by atoms with Crippen molar-refractivity contribution in [1.29, 1.82) is 0 Å². The number of carbonyl (C=O) groups is 1. The molecule has 0 fully saturated rings. The number of nitrogens with one attached hydrogen (secondary N) is 1. The van der Waals surface area contributed by atoms with Crippen LogP contribution in [-0.2, 0) is 0 Å². The minimum atomic E-state index is -0.386. The Morgan fingerprint density at radius 3 is 2.23 bits per heavy atom. The number of hydrogen-bond acceptors (Lipinski definition) is 3. The normalized spacial score (nSPS) is 10.8. The molecule has 0 radical (unpaired) electrons. The van der Waals surface area contributed by atoms with Gasteiger partial charge in [0.15, 0.2) is 5.82 Å². The molecule has 4 aromatic rings. The summed E-state index contributed by atoms with van der Waals surface area (Å²) in [5.41, 5.74) is 4.17. The van der Waals surface area contributed by atoms with Gasteiger partial charge in [0.05, 0.1) is 5.69 Å². The highest BCUT2D eigenvalue weighted by atomic mass is 35.5. The molecular weight excluding hydrogens is 419 g/mol. The molecule has 0 aliphatic carbocycles. The van der Waals surface area contributed by atoms with E-state index >= 15 is 0 Å². The molecule has 0 atom stereocenters. The highest BCUT2D eigenvalue weighted by Gasteiger charge is 2.20. The average molecular weight is 437 g/mol. The monoisotopic (exact) mass is 436 g/mol. The van der Waals surface area contributed by atoms with Crippen LogP contribution in [0.25, 0.3) is 17.1 Å². The van der Waals surface area contributed by atoms with Crippen molar-refractivity contribution < 1.29 is 4.79 Å². The number of halogens is 2. The van der Waals surface area contributed by atoms with Crippen molar-refractivity contribution in [3.05, 3.63) is 93.7 Å². The number of para-hydroxylation sites is 1. The molecule has 1 N–H and O–H groups in total. The summed E-state index contributed by atoms with van der Waals surface area (Å²) in [6.07, 6.45) is 0. The van der Waals surface area contributed by atoms with Crippen LogP contribution in [0.4, 0.5) is 5.69 Å². The van der Waals surface area contributed by atoms with Crippen LogP contribution in [0.2, 0.25) is 10.0 Å². The molecule has 4 rings (SSSR count). The molecule has 1 aromatic heterocycles. The molecule has 0 saturated heterocycles. The van der Waals surface area contributed by atoms with Gasteiger partial charge in [-0.05, 0) is 61.4 Å². The van der Waals surface area contributed by atoms with E-state index < -0.39 is 0 Å². The zero-order chi connectivity index (χ0) is 21.3. The van der Waals surface area contributed by atoms with Crippen molar-refractivity contribution in [3.63, 3.8) is 0 Å². The second kappa shape index (κ2) is 8.30. The fraction of sp³-hybridized carbons (Fsp3) is 0.0870. The Morgan fingerprint density at radius 2 is 1.57 bits per heavy atom. The van der Waals surface area contributed by atoms with Crippen molar-refractivity contribution in [2.45, 2.75) is 13.8 Å². The summed E-state index contributed by atoms with van der Waals surface area (Å²) in [6.45, 7) is 3.89. The van der Waals surface area contributed by atoms with Gasteiger partial charge in [-0.1, -0.05) is 53.5 Å². The lowest BCUT2D eigenvalue weighted by molar-refractivity contribution is 0.101. The van der Waals surface area contributed by atoms with Crippen LogP contribution in [0, 0.1) is 13.8 Å². The standard InChI is InChI=1S/C23H18Cl2N4O/c1-14-5-3-6-15(2)20(14)26-23(30)21-27-22(16-7-4-8-18(25)13-16)29(28-21)19-11-9-17(24)10-12-19/h3-13H,1-2H3,(H,26,30). The predicted octanol–water partition coefficient (Wildman–Crippen LogP) is 6.11. The lowest BCUT2D eigenvalue weighted by atomic mass is 10.1. The van der Waals surface area contributed by atoms with E-state index in [1.807, 2.05) is 56.3 Å². The van der Waals surface area contributed by atoms with E-state index in [-0.39, 0.29) is 11.7 Å². The minimum Gasteiger partial charge on any atom is -0.319 e. The summed E-state index contributed by atoms with van der Waals surface area (Å²) in [7, 11) is 0. The number of anilines is 1. The van der Waals surface area contributed by atoms with Crippen molar-refractivity contribution >= 4 is 34.8 Å². The Morgan fingerprint density at radius 1 is 0.900 bits per heavy atom. The molecule has 0 spiro atoms. The fourth-order valence-corrected chi connectivity index (χ4v) is 3.48. The van der Waals surface area contributed by atoms with Gasteiger partial charge >= 0.3 is 0 Å². The van der Waals surface area contributed by atoms with Crippen molar-refractivity contribution in [2.75, 3.05) is 5.32 Å². The van der Waals surface area contributed by atoms with E-state index in [0.717, 1.165) is 28.1 Å². The highest BCUT2D eigenvalue weighted by molar-refractivity contribution is 6.31. The topological polar surface area (TPSA) is 59.8 Å². The van der Waals surface area contributed by atoms with Crippen molar-refractivity contribution in [2.24, 2.45) is 0 Å². The zero-order valence-electron chi connectivity index (χ0n) is 16.4. The largest absolute Gasteiger partial charge is 0.319 e. The molecule has 0 unspecified atom stereocenters. The first-order valence-corrected chi connectivity index (χ1v) is 10.0. The molecule has 3 aromatic carbocycles. The number of amides is 1. The van der Waals surface area contributed by atoms with Crippen LogP contribution in [0.1, 0.15) is 21.7 Å². The molecule has 0 saturated carbocycles. The first kappa shape index (κ1) is 20.1. The maximum Gasteiger partial charge on any atom is 0.295 e. The first-order chi connectivity index (χ1) is 14.4. The van der Waals surface area contributed by atoms with Crippen LogP contribution in [0.3, 0.4) is 0 Å². The van der Waals surface area contributed by atoms with E-state index in [1.54, 1.807) is 28.9 Å². The van der Waals surface area contributed by atoms with Crippen LogP contribution in [-0.4, -0.2) is 20.7 Å². The Kier molecular flexibility index (Phi) is 5.57. The van der Waals surface area contributed by atoms with Crippen LogP contribution < -0.4 is 5.32 Å². The predicted molar refractivity (Wildman–Crippen MR) is 121 cm³/mol. The van der Waals surface area contributed by atoms with Gasteiger partial charge < -0.3 is 5.32 Å². The van der Waals surface area contributed by atoms with Gasteiger partial charge in [0.1, 0.15) is 0 Å². The molecule has 150 valence electrons. The lowest BCUT2D eigenvalue weighted by Gasteiger charge is -2.09. The number of carbonyl (C=O) groups excluding carboxylic acids is 1. The molecule has 1 heterocycles. The Bertz CT molecular complexity index is 1210. The molecule has 7 heteroatoms. The van der Waals surface area contributed by atoms with E-state index in [9.17, 15) is 4.79 Å². The summed E-state index contributed by atoms with van der Waals surface area (Å²) in [5, 5.41) is 8.59. The molecule has 0 aliphatic rings. The average Bonchev–Trinajstić information content (AvgIpc) is 3.17. The summed E-state index contributed by atoms with van der Waals surface area (Å²) in [5.74, 6) is 0.178. The number of nitrogens with zero attached hydrogens (tertiary/aromatic N) is 3. The smallest absolute Gasteiger partial charge is 0.295 e. The molecule has 0 bridgehead atoms. The molecular formula is C23H18Cl2N4O. The fourth-order valence-electron chi connectivity index (χ4n) is 3.17. The zero-order valence-corrected chi connectivity index (χ0v) is 17.9. The second-order valence-corrected chi connectivity index (χ2v) is 7.75. The highest BCUT2D eigenvalue weighted by Crippen LogP contribution is 2.26.